The Balaban J connectivity index is 1.43. The summed E-state index contributed by atoms with van der Waals surface area (Å²) in [5.74, 6) is -1.28. The van der Waals surface area contributed by atoms with E-state index in [0.717, 1.165) is 12.1 Å². The minimum Gasteiger partial charge on any atom is -0.507 e. The quantitative estimate of drug-likeness (QED) is 0.142. The number of phenolic OH excluding ortho intramolecular Hbond substituents is 2. The lowest BCUT2D eigenvalue weighted by Gasteiger charge is -2.40. The molecule has 3 aromatic rings. The van der Waals surface area contributed by atoms with Gasteiger partial charge in [0.1, 0.15) is 88.9 Å². The van der Waals surface area contributed by atoms with Gasteiger partial charge < -0.3 is 69.7 Å². The minimum atomic E-state index is -1.83. The van der Waals surface area contributed by atoms with Gasteiger partial charge in [0.05, 0.1) is 18.8 Å². The Morgan fingerprint density at radius 2 is 1.33 bits per heavy atom. The van der Waals surface area contributed by atoms with Crippen molar-refractivity contribution in [3.63, 3.8) is 0 Å². The summed E-state index contributed by atoms with van der Waals surface area (Å²) < 4.78 is 22.0. The van der Waals surface area contributed by atoms with E-state index in [1.54, 1.807) is 0 Å². The molecule has 2 aliphatic heterocycles. The van der Waals surface area contributed by atoms with Crippen molar-refractivity contribution in [1.29, 1.82) is 0 Å². The Labute approximate surface area is 236 Å². The van der Waals surface area contributed by atoms with Gasteiger partial charge in [-0.1, -0.05) is 0 Å². The van der Waals surface area contributed by atoms with E-state index in [1.165, 1.54) is 24.3 Å². The number of fused-ring (bicyclic) bond motifs is 1. The number of ether oxygens (including phenoxy) is 3. The normalized spacial score (nSPS) is 33.5. The molecule has 5 rings (SSSR count). The van der Waals surface area contributed by atoms with Gasteiger partial charge in [-0.2, -0.15) is 0 Å². The molecule has 42 heavy (non-hydrogen) atoms. The van der Waals surface area contributed by atoms with Gasteiger partial charge >= 0.3 is 0 Å². The Kier molecular flexibility index (Phi) is 8.41. The zero-order chi connectivity index (χ0) is 30.5. The number of aliphatic hydroxyl groups excluding tert-OH is 8. The van der Waals surface area contributed by atoms with Gasteiger partial charge in [0.2, 0.25) is 6.29 Å². The number of hydrogen-bond acceptors (Lipinski definition) is 15. The van der Waals surface area contributed by atoms with Crippen molar-refractivity contribution < 1.29 is 69.7 Å². The maximum Gasteiger partial charge on any atom is 0.229 e. The summed E-state index contributed by atoms with van der Waals surface area (Å²) in [4.78, 5) is 13.1. The van der Waals surface area contributed by atoms with Crippen molar-refractivity contribution >= 4 is 11.0 Å². The van der Waals surface area contributed by atoms with Crippen molar-refractivity contribution in [1.82, 2.24) is 0 Å². The van der Waals surface area contributed by atoms with Crippen LogP contribution >= 0.6 is 0 Å². The molecule has 2 aliphatic rings. The van der Waals surface area contributed by atoms with Crippen molar-refractivity contribution in [3.05, 3.63) is 52.2 Å². The Bertz CT molecular complexity index is 1470. The average molecular weight is 595 g/mol. The molecule has 2 aromatic carbocycles. The molecule has 2 saturated heterocycles. The summed E-state index contributed by atoms with van der Waals surface area (Å²) in [5, 5.41) is 101. The van der Waals surface area contributed by atoms with Crippen molar-refractivity contribution in [2.45, 2.75) is 61.2 Å². The minimum absolute atomic E-state index is 0.0197. The van der Waals surface area contributed by atoms with E-state index in [9.17, 15) is 55.9 Å². The smallest absolute Gasteiger partial charge is 0.229 e. The van der Waals surface area contributed by atoms with E-state index < -0.39 is 96.9 Å². The number of hydrogen-bond donors (Lipinski definition) is 10. The summed E-state index contributed by atoms with van der Waals surface area (Å²) in [5.41, 5.74) is -1.07. The molecule has 0 radical (unpaired) electrons. The maximum atomic E-state index is 13.1. The van der Waals surface area contributed by atoms with Crippen molar-refractivity contribution in [2.24, 2.45) is 0 Å². The topological polar surface area (TPSA) is 260 Å². The van der Waals surface area contributed by atoms with Gasteiger partial charge in [-0.25, -0.2) is 0 Å². The zero-order valence-electron chi connectivity index (χ0n) is 21.7. The first-order valence-corrected chi connectivity index (χ1v) is 12.9. The Hall–Kier alpha value is -3.35. The summed E-state index contributed by atoms with van der Waals surface area (Å²) >= 11 is 0. The number of phenols is 2. The summed E-state index contributed by atoms with van der Waals surface area (Å²) in [6.45, 7) is -1.37. The first kappa shape index (κ1) is 30.1. The fourth-order valence-electron chi connectivity index (χ4n) is 5.06. The summed E-state index contributed by atoms with van der Waals surface area (Å²) in [6.07, 6.45) is -15.6. The summed E-state index contributed by atoms with van der Waals surface area (Å²) in [6, 6.07) is 7.88. The molecule has 10 atom stereocenters. The molecule has 1 aromatic heterocycles. The number of benzene rings is 2. The van der Waals surface area contributed by atoms with E-state index in [0.29, 0.717) is 5.56 Å². The highest BCUT2D eigenvalue weighted by Gasteiger charge is 2.46. The number of aliphatic hydroxyl groups is 8. The third-order valence-corrected chi connectivity index (χ3v) is 7.43. The van der Waals surface area contributed by atoms with Crippen LogP contribution in [0.25, 0.3) is 22.3 Å². The molecule has 0 bridgehead atoms. The zero-order valence-corrected chi connectivity index (χ0v) is 21.7. The van der Waals surface area contributed by atoms with E-state index in [2.05, 4.69) is 0 Å². The van der Waals surface area contributed by atoms with Crippen LogP contribution in [0.4, 0.5) is 0 Å². The van der Waals surface area contributed by atoms with Crippen LogP contribution in [-0.2, 0) is 9.47 Å². The van der Waals surface area contributed by atoms with Crippen LogP contribution in [0.5, 0.6) is 17.2 Å². The molecule has 0 aliphatic carbocycles. The Morgan fingerprint density at radius 1 is 0.738 bits per heavy atom. The van der Waals surface area contributed by atoms with Gasteiger partial charge in [0, 0.05) is 17.7 Å². The maximum absolute atomic E-state index is 13.1. The third-order valence-electron chi connectivity index (χ3n) is 7.43. The number of aromatic hydroxyl groups is 2. The molecule has 15 nitrogen and oxygen atoms in total. The molecule has 0 saturated carbocycles. The van der Waals surface area contributed by atoms with Crippen LogP contribution in [-0.4, -0.2) is 119 Å². The summed E-state index contributed by atoms with van der Waals surface area (Å²) in [7, 11) is 0. The highest BCUT2D eigenvalue weighted by molar-refractivity contribution is 5.88. The SMILES string of the molecule is O=c1cc(-c2ccc(O[C@H]3O[C@@H](CO)[C@H](O)[C@@H](O)[C@@H]3O)cc2)oc2cc(O)c([C@@H]3O[C@H](CO)[C@@H](O)[C@H](O)[C@H]3O)c(O)c12. The molecule has 15 heteroatoms. The van der Waals surface area contributed by atoms with Crippen LogP contribution in [0.15, 0.2) is 45.6 Å². The predicted octanol–water partition coefficient (Wildman–Crippen LogP) is -2.44. The van der Waals surface area contributed by atoms with Gasteiger partial charge in [-0.3, -0.25) is 4.79 Å². The van der Waals surface area contributed by atoms with Crippen molar-refractivity contribution in [2.75, 3.05) is 13.2 Å². The number of rotatable bonds is 6. The molecule has 2 fully saturated rings. The lowest BCUT2D eigenvalue weighted by molar-refractivity contribution is -0.277. The fraction of sp³-hybridized carbons (Fsp3) is 0.444. The van der Waals surface area contributed by atoms with Crippen LogP contribution in [0.1, 0.15) is 11.7 Å². The second kappa shape index (κ2) is 11.7. The van der Waals surface area contributed by atoms with E-state index in [-0.39, 0.29) is 22.5 Å². The molecule has 3 heterocycles. The monoisotopic (exact) mass is 594 g/mol. The average Bonchev–Trinajstić information content (AvgIpc) is 2.97. The first-order valence-electron chi connectivity index (χ1n) is 12.9. The van der Waals surface area contributed by atoms with E-state index >= 15 is 0 Å². The highest BCUT2D eigenvalue weighted by atomic mass is 16.7. The van der Waals surface area contributed by atoms with Crippen LogP contribution in [0.2, 0.25) is 0 Å². The first-order chi connectivity index (χ1) is 20.0. The van der Waals surface area contributed by atoms with Gasteiger partial charge in [0.15, 0.2) is 5.43 Å². The highest BCUT2D eigenvalue weighted by Crippen LogP contribution is 2.44. The lowest BCUT2D eigenvalue weighted by atomic mass is 9.89. The van der Waals surface area contributed by atoms with Gasteiger partial charge in [-0.05, 0) is 24.3 Å². The molecule has 0 unspecified atom stereocenters. The molecule has 228 valence electrons. The second-order valence-corrected chi connectivity index (χ2v) is 10.1. The molecular weight excluding hydrogens is 564 g/mol. The lowest BCUT2D eigenvalue weighted by Crippen LogP contribution is -2.60. The van der Waals surface area contributed by atoms with Gasteiger partial charge in [0.25, 0.3) is 0 Å². The molecule has 10 N–H and O–H groups in total. The van der Waals surface area contributed by atoms with E-state index in [4.69, 9.17) is 18.6 Å². The predicted molar refractivity (Wildman–Crippen MR) is 138 cm³/mol. The molecule has 0 spiro atoms. The van der Waals surface area contributed by atoms with Crippen molar-refractivity contribution in [3.8, 4) is 28.6 Å². The molecule has 0 amide bonds. The third kappa shape index (κ3) is 5.20. The van der Waals surface area contributed by atoms with Crippen LogP contribution in [0.3, 0.4) is 0 Å². The standard InChI is InChI=1S/C27H30O15/c28-7-15-19(32)22(35)24(37)26(41-15)18-12(31)6-14-17(21(18)34)11(30)5-13(40-14)9-1-3-10(4-2-9)39-27-25(38)23(36)20(33)16(8-29)42-27/h1-6,15-16,19-20,22-29,31-38H,7-8H2/t15-,16+,19-,20+,22+,23-,24-,25+,26+,27+/m1/s1. The molecular formula is C27H30O15. The Morgan fingerprint density at radius 3 is 1.95 bits per heavy atom. The van der Waals surface area contributed by atoms with Crippen LogP contribution < -0.4 is 10.2 Å². The second-order valence-electron chi connectivity index (χ2n) is 10.1. The van der Waals surface area contributed by atoms with Crippen LogP contribution in [0, 0.1) is 0 Å². The largest absolute Gasteiger partial charge is 0.507 e. The van der Waals surface area contributed by atoms with E-state index in [1.807, 2.05) is 0 Å². The van der Waals surface area contributed by atoms with Gasteiger partial charge in [-0.15, -0.1) is 0 Å². The fourth-order valence-corrected chi connectivity index (χ4v) is 5.06.